The standard InChI is InChI=1S/C23H22N6O3/c1-28-12-16-15(9-6-10-18(16)26-28)20-17(13-29(2)27-20)23(32)25-19(21(30)22(24)31)11-14-7-4-3-5-8-14/h3-10,12-13,19H,11H2,1-2H3,(H2,24,31)(H,25,32). The van der Waals surface area contributed by atoms with Gasteiger partial charge in [-0.2, -0.15) is 10.2 Å². The van der Waals surface area contributed by atoms with Gasteiger partial charge in [-0.15, -0.1) is 0 Å². The monoisotopic (exact) mass is 430 g/mol. The minimum Gasteiger partial charge on any atom is -0.363 e. The van der Waals surface area contributed by atoms with Crippen LogP contribution in [0.4, 0.5) is 0 Å². The SMILES string of the molecule is Cn1cc(C(=O)NC(Cc2ccccc2)C(=O)C(N)=O)c(-c2cccc3nn(C)cc23)n1. The first-order valence-corrected chi connectivity index (χ1v) is 9.98. The highest BCUT2D eigenvalue weighted by atomic mass is 16.2. The number of aromatic nitrogens is 4. The Morgan fingerprint density at radius 2 is 1.69 bits per heavy atom. The van der Waals surface area contributed by atoms with Crippen molar-refractivity contribution in [3.8, 4) is 11.3 Å². The van der Waals surface area contributed by atoms with Gasteiger partial charge in [0.1, 0.15) is 11.7 Å². The number of nitrogens with one attached hydrogen (secondary N) is 1. The van der Waals surface area contributed by atoms with Gasteiger partial charge in [-0.25, -0.2) is 0 Å². The van der Waals surface area contributed by atoms with Crippen LogP contribution in [0.25, 0.3) is 22.2 Å². The Morgan fingerprint density at radius 1 is 0.969 bits per heavy atom. The number of ketones is 1. The van der Waals surface area contributed by atoms with Crippen LogP contribution < -0.4 is 11.1 Å². The number of nitrogens with two attached hydrogens (primary N) is 1. The molecule has 162 valence electrons. The summed E-state index contributed by atoms with van der Waals surface area (Å²) in [5.74, 6) is -2.48. The molecule has 9 nitrogen and oxygen atoms in total. The van der Waals surface area contributed by atoms with Crippen LogP contribution in [-0.4, -0.2) is 43.2 Å². The Hall–Kier alpha value is -4.27. The summed E-state index contributed by atoms with van der Waals surface area (Å²) in [4.78, 5) is 37.2. The second-order valence-electron chi connectivity index (χ2n) is 7.55. The summed E-state index contributed by atoms with van der Waals surface area (Å²) in [6.45, 7) is 0. The molecule has 4 rings (SSSR count). The Balaban J connectivity index is 1.69. The summed E-state index contributed by atoms with van der Waals surface area (Å²) in [7, 11) is 3.53. The molecule has 2 heterocycles. The van der Waals surface area contributed by atoms with Crippen molar-refractivity contribution in [1.82, 2.24) is 24.9 Å². The highest BCUT2D eigenvalue weighted by Gasteiger charge is 2.28. The minimum atomic E-state index is -1.10. The van der Waals surface area contributed by atoms with E-state index >= 15 is 0 Å². The molecule has 0 aliphatic carbocycles. The highest BCUT2D eigenvalue weighted by Crippen LogP contribution is 2.29. The number of amides is 2. The average Bonchev–Trinajstić information content (AvgIpc) is 3.34. The topological polar surface area (TPSA) is 125 Å². The summed E-state index contributed by atoms with van der Waals surface area (Å²) in [5.41, 5.74) is 8.26. The van der Waals surface area contributed by atoms with Crippen LogP contribution >= 0.6 is 0 Å². The fraction of sp³-hybridized carbons (Fsp3) is 0.174. The van der Waals surface area contributed by atoms with Gasteiger partial charge in [0, 0.05) is 43.9 Å². The lowest BCUT2D eigenvalue weighted by molar-refractivity contribution is -0.137. The first kappa shape index (κ1) is 21.0. The number of primary amides is 1. The third-order valence-electron chi connectivity index (χ3n) is 5.14. The molecular weight excluding hydrogens is 408 g/mol. The normalized spacial score (nSPS) is 11.9. The second kappa shape index (κ2) is 8.46. The van der Waals surface area contributed by atoms with Crippen molar-refractivity contribution in [2.24, 2.45) is 19.8 Å². The van der Waals surface area contributed by atoms with Crippen LogP contribution in [0.2, 0.25) is 0 Å². The molecule has 1 atom stereocenters. The maximum atomic E-state index is 13.2. The molecule has 2 aromatic carbocycles. The number of Topliss-reactive ketones (excluding diaryl/α,β-unsaturated/α-hetero) is 1. The van der Waals surface area contributed by atoms with Crippen LogP contribution in [0.3, 0.4) is 0 Å². The third-order valence-corrected chi connectivity index (χ3v) is 5.14. The molecule has 0 aliphatic rings. The summed E-state index contributed by atoms with van der Waals surface area (Å²) in [5, 5.41) is 12.4. The number of carbonyl (C=O) groups excluding carboxylic acids is 3. The highest BCUT2D eigenvalue weighted by molar-refractivity contribution is 6.38. The lowest BCUT2D eigenvalue weighted by Gasteiger charge is -2.16. The van der Waals surface area contributed by atoms with Crippen molar-refractivity contribution in [3.63, 3.8) is 0 Å². The number of hydrogen-bond donors (Lipinski definition) is 2. The van der Waals surface area contributed by atoms with Gasteiger partial charge < -0.3 is 11.1 Å². The van der Waals surface area contributed by atoms with Gasteiger partial charge >= 0.3 is 0 Å². The van der Waals surface area contributed by atoms with Gasteiger partial charge in [0.25, 0.3) is 11.8 Å². The largest absolute Gasteiger partial charge is 0.363 e. The fourth-order valence-corrected chi connectivity index (χ4v) is 3.69. The Labute approximate surface area is 183 Å². The van der Waals surface area contributed by atoms with Crippen LogP contribution in [0.1, 0.15) is 15.9 Å². The number of aryl methyl sites for hydroxylation is 2. The zero-order chi connectivity index (χ0) is 22.8. The maximum Gasteiger partial charge on any atom is 0.287 e. The van der Waals surface area contributed by atoms with Crippen LogP contribution in [0, 0.1) is 0 Å². The Kier molecular flexibility index (Phi) is 5.55. The number of fused-ring (bicyclic) bond motifs is 1. The Bertz CT molecular complexity index is 1320. The molecule has 2 aromatic heterocycles. The molecule has 3 N–H and O–H groups in total. The second-order valence-corrected chi connectivity index (χ2v) is 7.55. The van der Waals surface area contributed by atoms with E-state index in [4.69, 9.17) is 5.73 Å². The van der Waals surface area contributed by atoms with Gasteiger partial charge in [0.05, 0.1) is 11.1 Å². The van der Waals surface area contributed by atoms with E-state index in [0.29, 0.717) is 5.69 Å². The quantitative estimate of drug-likeness (QED) is 0.429. The summed E-state index contributed by atoms with van der Waals surface area (Å²) < 4.78 is 3.22. The molecule has 32 heavy (non-hydrogen) atoms. The molecule has 0 fully saturated rings. The van der Waals surface area contributed by atoms with Crippen molar-refractivity contribution in [2.45, 2.75) is 12.5 Å². The molecule has 0 saturated heterocycles. The minimum absolute atomic E-state index is 0.141. The molecule has 4 aromatic rings. The van der Waals surface area contributed by atoms with Gasteiger partial charge in [-0.3, -0.25) is 23.7 Å². The van der Waals surface area contributed by atoms with Crippen molar-refractivity contribution in [1.29, 1.82) is 0 Å². The molecular formula is C23H22N6O3. The van der Waals surface area contributed by atoms with Crippen molar-refractivity contribution in [3.05, 3.63) is 72.1 Å². The van der Waals surface area contributed by atoms with Crippen molar-refractivity contribution < 1.29 is 14.4 Å². The lowest BCUT2D eigenvalue weighted by Crippen LogP contribution is -2.47. The number of nitrogens with zero attached hydrogens (tertiary/aromatic N) is 4. The van der Waals surface area contributed by atoms with Crippen molar-refractivity contribution >= 4 is 28.5 Å². The molecule has 1 unspecified atom stereocenters. The third kappa shape index (κ3) is 4.13. The van der Waals surface area contributed by atoms with Gasteiger partial charge in [0.2, 0.25) is 5.78 Å². The predicted molar refractivity (Wildman–Crippen MR) is 119 cm³/mol. The predicted octanol–water partition coefficient (Wildman–Crippen LogP) is 1.37. The van der Waals surface area contributed by atoms with Gasteiger partial charge in [0.15, 0.2) is 0 Å². The summed E-state index contributed by atoms with van der Waals surface area (Å²) in [6, 6.07) is 13.6. The van der Waals surface area contributed by atoms with E-state index in [1.54, 1.807) is 17.9 Å². The molecule has 0 saturated carbocycles. The van der Waals surface area contributed by atoms with Gasteiger partial charge in [-0.05, 0) is 11.6 Å². The molecule has 0 aliphatic heterocycles. The molecule has 0 spiro atoms. The molecule has 2 amide bonds. The number of rotatable bonds is 7. The zero-order valence-corrected chi connectivity index (χ0v) is 17.6. The van der Waals surface area contributed by atoms with Crippen LogP contribution in [-0.2, 0) is 30.1 Å². The fourth-order valence-electron chi connectivity index (χ4n) is 3.69. The van der Waals surface area contributed by atoms with E-state index in [1.165, 1.54) is 4.68 Å². The van der Waals surface area contributed by atoms with Crippen molar-refractivity contribution in [2.75, 3.05) is 0 Å². The Morgan fingerprint density at radius 3 is 2.41 bits per heavy atom. The average molecular weight is 430 g/mol. The summed E-state index contributed by atoms with van der Waals surface area (Å²) >= 11 is 0. The molecule has 0 radical (unpaired) electrons. The van der Waals surface area contributed by atoms with E-state index in [0.717, 1.165) is 22.0 Å². The number of carbonyl (C=O) groups is 3. The number of hydrogen-bond acceptors (Lipinski definition) is 5. The lowest BCUT2D eigenvalue weighted by atomic mass is 10.0. The molecule has 9 heteroatoms. The van der Waals surface area contributed by atoms with Crippen LogP contribution in [0.5, 0.6) is 0 Å². The van der Waals surface area contributed by atoms with E-state index in [1.807, 2.05) is 61.8 Å². The first-order chi connectivity index (χ1) is 15.3. The van der Waals surface area contributed by atoms with Gasteiger partial charge in [-0.1, -0.05) is 42.5 Å². The first-order valence-electron chi connectivity index (χ1n) is 9.98. The van der Waals surface area contributed by atoms with E-state index < -0.39 is 23.6 Å². The smallest absolute Gasteiger partial charge is 0.287 e. The van der Waals surface area contributed by atoms with Crippen LogP contribution in [0.15, 0.2) is 60.9 Å². The van der Waals surface area contributed by atoms with E-state index in [2.05, 4.69) is 15.5 Å². The van der Waals surface area contributed by atoms with E-state index in [-0.39, 0.29) is 12.0 Å². The van der Waals surface area contributed by atoms with E-state index in [9.17, 15) is 14.4 Å². The maximum absolute atomic E-state index is 13.2. The molecule has 0 bridgehead atoms. The number of benzene rings is 2. The summed E-state index contributed by atoms with van der Waals surface area (Å²) in [6.07, 6.45) is 3.58. The zero-order valence-electron chi connectivity index (χ0n) is 17.6.